The molecule has 1 aromatic rings. The number of hydrogen-bond acceptors (Lipinski definition) is 5. The van der Waals surface area contributed by atoms with Crippen molar-refractivity contribution in [2.24, 2.45) is 0 Å². The average molecular weight is 307 g/mol. The summed E-state index contributed by atoms with van der Waals surface area (Å²) in [7, 11) is 1.28. The van der Waals surface area contributed by atoms with Gasteiger partial charge in [0.15, 0.2) is 5.69 Å². The van der Waals surface area contributed by atoms with Crippen molar-refractivity contribution in [3.63, 3.8) is 0 Å². The number of aromatic nitrogens is 2. The Morgan fingerprint density at radius 1 is 1.41 bits per heavy atom. The van der Waals surface area contributed by atoms with Gasteiger partial charge in [0, 0.05) is 12.1 Å². The quantitative estimate of drug-likeness (QED) is 0.710. The van der Waals surface area contributed by atoms with Crippen LogP contribution in [0.1, 0.15) is 43.7 Å². The fourth-order valence-electron chi connectivity index (χ4n) is 2.18. The maximum Gasteiger partial charge on any atom is 0.491 e. The number of carbonyl (C=O) groups is 1. The molecule has 1 aromatic heterocycles. The second-order valence-electron chi connectivity index (χ2n) is 6.34. The standard InChI is InChI=1S/C14H22BN3O4/c1-13(2)14(3,4)22-15(21-13)10(8-16-5)6-9-7-17-18-11(9)12(19)20/h6-7,16H,8H2,1-5H3,(H,17,18)(H,19,20). The number of nitrogens with one attached hydrogen (secondary N) is 2. The van der Waals surface area contributed by atoms with Crippen molar-refractivity contribution in [1.82, 2.24) is 15.5 Å². The van der Waals surface area contributed by atoms with Crippen molar-refractivity contribution in [1.29, 1.82) is 0 Å². The predicted octanol–water partition coefficient (Wildman–Crippen LogP) is 1.34. The number of nitrogens with zero attached hydrogens (tertiary/aromatic N) is 1. The molecule has 3 N–H and O–H groups in total. The van der Waals surface area contributed by atoms with E-state index in [0.717, 1.165) is 5.47 Å². The molecule has 0 aromatic carbocycles. The van der Waals surface area contributed by atoms with Gasteiger partial charge in [0.1, 0.15) is 0 Å². The fraction of sp³-hybridized carbons (Fsp3) is 0.571. The molecule has 1 saturated heterocycles. The molecule has 2 rings (SSSR count). The Kier molecular flexibility index (Phi) is 4.46. The molecule has 8 heteroatoms. The topological polar surface area (TPSA) is 96.5 Å². The Morgan fingerprint density at radius 3 is 2.50 bits per heavy atom. The Morgan fingerprint density at radius 2 is 2.00 bits per heavy atom. The van der Waals surface area contributed by atoms with Crippen molar-refractivity contribution in [2.75, 3.05) is 13.6 Å². The fourth-order valence-corrected chi connectivity index (χ4v) is 2.18. The largest absolute Gasteiger partial charge is 0.491 e. The van der Waals surface area contributed by atoms with Crippen LogP contribution in [0.25, 0.3) is 6.08 Å². The highest BCUT2D eigenvalue weighted by Crippen LogP contribution is 2.38. The van der Waals surface area contributed by atoms with Crippen LogP contribution >= 0.6 is 0 Å². The van der Waals surface area contributed by atoms with Crippen LogP contribution in [0.4, 0.5) is 0 Å². The highest BCUT2D eigenvalue weighted by Gasteiger charge is 2.52. The van der Waals surface area contributed by atoms with Crippen molar-refractivity contribution in [2.45, 2.75) is 38.9 Å². The smallest absolute Gasteiger partial charge is 0.477 e. The van der Waals surface area contributed by atoms with Gasteiger partial charge in [0.05, 0.1) is 17.4 Å². The summed E-state index contributed by atoms with van der Waals surface area (Å²) in [6, 6.07) is 0. The zero-order chi connectivity index (χ0) is 16.5. The molecule has 1 fully saturated rings. The van der Waals surface area contributed by atoms with E-state index in [-0.39, 0.29) is 5.69 Å². The van der Waals surface area contributed by atoms with E-state index < -0.39 is 24.3 Å². The molecular formula is C14H22BN3O4. The highest BCUT2D eigenvalue weighted by atomic mass is 16.7. The maximum absolute atomic E-state index is 11.2. The monoisotopic (exact) mass is 307 g/mol. The number of H-pyrrole nitrogens is 1. The lowest BCUT2D eigenvalue weighted by Gasteiger charge is -2.32. The SMILES string of the molecule is CNCC(=Cc1cn[nH]c1C(=O)O)B1OC(C)(C)C(C)(C)O1. The predicted molar refractivity (Wildman–Crippen MR) is 83.5 cm³/mol. The molecule has 2 heterocycles. The Balaban J connectivity index is 2.33. The van der Waals surface area contributed by atoms with Crippen LogP contribution < -0.4 is 5.32 Å². The van der Waals surface area contributed by atoms with Crippen LogP contribution in [-0.4, -0.2) is 53.2 Å². The molecule has 120 valence electrons. The van der Waals surface area contributed by atoms with Gasteiger partial charge >= 0.3 is 13.1 Å². The lowest BCUT2D eigenvalue weighted by atomic mass is 9.77. The average Bonchev–Trinajstić information content (AvgIpc) is 2.92. The third-order valence-corrected chi connectivity index (χ3v) is 4.16. The first-order valence-electron chi connectivity index (χ1n) is 7.15. The van der Waals surface area contributed by atoms with E-state index >= 15 is 0 Å². The van der Waals surface area contributed by atoms with Gasteiger partial charge in [0.25, 0.3) is 0 Å². The first-order valence-corrected chi connectivity index (χ1v) is 7.15. The van der Waals surface area contributed by atoms with E-state index in [1.165, 1.54) is 6.20 Å². The van der Waals surface area contributed by atoms with E-state index in [0.29, 0.717) is 12.1 Å². The molecule has 22 heavy (non-hydrogen) atoms. The number of aromatic amines is 1. The van der Waals surface area contributed by atoms with Crippen LogP contribution in [-0.2, 0) is 9.31 Å². The lowest BCUT2D eigenvalue weighted by molar-refractivity contribution is 0.00578. The van der Waals surface area contributed by atoms with Gasteiger partial charge in [-0.2, -0.15) is 5.10 Å². The van der Waals surface area contributed by atoms with Gasteiger partial charge in [-0.1, -0.05) is 6.08 Å². The lowest BCUT2D eigenvalue weighted by Crippen LogP contribution is -2.41. The Hall–Kier alpha value is -1.64. The van der Waals surface area contributed by atoms with Gasteiger partial charge in [0.2, 0.25) is 0 Å². The number of aromatic carboxylic acids is 1. The minimum Gasteiger partial charge on any atom is -0.477 e. The normalized spacial score (nSPS) is 20.4. The Labute approximate surface area is 130 Å². The molecule has 0 spiro atoms. The summed E-state index contributed by atoms with van der Waals surface area (Å²) in [6.07, 6.45) is 3.22. The zero-order valence-electron chi connectivity index (χ0n) is 13.6. The Bertz CT molecular complexity index is 579. The molecule has 0 amide bonds. The zero-order valence-corrected chi connectivity index (χ0v) is 13.6. The molecule has 7 nitrogen and oxygen atoms in total. The van der Waals surface area contributed by atoms with Crippen molar-refractivity contribution < 1.29 is 19.2 Å². The summed E-state index contributed by atoms with van der Waals surface area (Å²) in [5, 5.41) is 18.5. The number of rotatable bonds is 5. The van der Waals surface area contributed by atoms with Crippen LogP contribution in [0.15, 0.2) is 11.7 Å². The molecule has 0 bridgehead atoms. The van der Waals surface area contributed by atoms with Gasteiger partial charge in [-0.3, -0.25) is 5.10 Å². The number of carboxylic acids is 1. The molecule has 1 aliphatic rings. The number of hydrogen-bond donors (Lipinski definition) is 3. The molecular weight excluding hydrogens is 285 g/mol. The first kappa shape index (κ1) is 16.7. The summed E-state index contributed by atoms with van der Waals surface area (Å²) in [4.78, 5) is 11.2. The van der Waals surface area contributed by atoms with Crippen molar-refractivity contribution in [3.05, 3.63) is 22.9 Å². The molecule has 0 unspecified atom stereocenters. The van der Waals surface area contributed by atoms with Gasteiger partial charge < -0.3 is 19.7 Å². The van der Waals surface area contributed by atoms with Crippen LogP contribution in [0.5, 0.6) is 0 Å². The maximum atomic E-state index is 11.2. The highest BCUT2D eigenvalue weighted by molar-refractivity contribution is 6.56. The third kappa shape index (κ3) is 3.09. The molecule has 0 radical (unpaired) electrons. The van der Waals surface area contributed by atoms with E-state index in [4.69, 9.17) is 14.4 Å². The summed E-state index contributed by atoms with van der Waals surface area (Å²) >= 11 is 0. The van der Waals surface area contributed by atoms with E-state index in [2.05, 4.69) is 15.5 Å². The van der Waals surface area contributed by atoms with Crippen molar-refractivity contribution in [3.8, 4) is 0 Å². The molecule has 0 saturated carbocycles. The van der Waals surface area contributed by atoms with Crippen LogP contribution in [0.2, 0.25) is 0 Å². The van der Waals surface area contributed by atoms with Gasteiger partial charge in [-0.25, -0.2) is 4.79 Å². The summed E-state index contributed by atoms with van der Waals surface area (Å²) in [5.74, 6) is -1.05. The van der Waals surface area contributed by atoms with E-state index in [1.807, 2.05) is 34.7 Å². The van der Waals surface area contributed by atoms with Crippen LogP contribution in [0, 0.1) is 0 Å². The minimum atomic E-state index is -1.05. The molecule has 0 aliphatic carbocycles. The third-order valence-electron chi connectivity index (χ3n) is 4.16. The molecule has 0 atom stereocenters. The summed E-state index contributed by atoms with van der Waals surface area (Å²) in [5.41, 5.74) is 0.454. The van der Waals surface area contributed by atoms with E-state index in [1.54, 1.807) is 6.08 Å². The molecule has 1 aliphatic heterocycles. The second kappa shape index (κ2) is 5.87. The summed E-state index contributed by atoms with van der Waals surface area (Å²) < 4.78 is 12.0. The van der Waals surface area contributed by atoms with E-state index in [9.17, 15) is 4.79 Å². The first-order chi connectivity index (χ1) is 10.2. The van der Waals surface area contributed by atoms with Gasteiger partial charge in [-0.05, 0) is 40.2 Å². The van der Waals surface area contributed by atoms with Gasteiger partial charge in [-0.15, -0.1) is 0 Å². The number of likely N-dealkylation sites (N-methyl/N-ethyl adjacent to an activating group) is 1. The number of carboxylic acid groups (broad SMARTS) is 1. The van der Waals surface area contributed by atoms with Crippen molar-refractivity contribution >= 4 is 19.2 Å². The second-order valence-corrected chi connectivity index (χ2v) is 6.34. The van der Waals surface area contributed by atoms with Crippen LogP contribution in [0.3, 0.4) is 0 Å². The minimum absolute atomic E-state index is 0.0464. The summed E-state index contributed by atoms with van der Waals surface area (Å²) in [6.45, 7) is 8.42.